The number of rotatable bonds is 7. The summed E-state index contributed by atoms with van der Waals surface area (Å²) >= 11 is 1.75. The van der Waals surface area contributed by atoms with Gasteiger partial charge in [-0.1, -0.05) is 24.3 Å². The second-order valence-electron chi connectivity index (χ2n) is 7.31. The molecule has 3 aromatic rings. The summed E-state index contributed by atoms with van der Waals surface area (Å²) in [5.41, 5.74) is 0. The molecule has 0 unspecified atom stereocenters. The van der Waals surface area contributed by atoms with Crippen LogP contribution in [0.3, 0.4) is 0 Å². The average Bonchev–Trinajstić information content (AvgIpc) is 3.32. The normalized spacial score (nSPS) is 15.0. The molecule has 0 bridgehead atoms. The van der Waals surface area contributed by atoms with Gasteiger partial charge >= 0.3 is 0 Å². The van der Waals surface area contributed by atoms with Gasteiger partial charge in [-0.05, 0) is 47.8 Å². The third-order valence-electron chi connectivity index (χ3n) is 5.23. The fraction of sp³-hybridized carbons (Fsp3) is 0.261. The molecule has 2 heterocycles. The van der Waals surface area contributed by atoms with E-state index in [1.54, 1.807) is 53.8 Å². The fourth-order valence-corrected chi connectivity index (χ4v) is 5.49. The minimum absolute atomic E-state index is 0.0586. The molecule has 0 atom stereocenters. The number of nitrogens with zero attached hydrogens (tertiary/aromatic N) is 2. The zero-order valence-corrected chi connectivity index (χ0v) is 18.6. The molecule has 0 N–H and O–H groups in total. The highest BCUT2D eigenvalue weighted by Gasteiger charge is 2.22. The smallest absolute Gasteiger partial charge is 0.260 e. The van der Waals surface area contributed by atoms with Gasteiger partial charge in [-0.25, -0.2) is 8.42 Å². The van der Waals surface area contributed by atoms with Gasteiger partial charge in [0.1, 0.15) is 5.75 Å². The van der Waals surface area contributed by atoms with E-state index in [2.05, 4.69) is 22.4 Å². The highest BCUT2D eigenvalue weighted by atomic mass is 32.2. The minimum atomic E-state index is -3.56. The van der Waals surface area contributed by atoms with Crippen LogP contribution in [0.1, 0.15) is 4.88 Å². The van der Waals surface area contributed by atoms with E-state index in [1.165, 1.54) is 17.0 Å². The van der Waals surface area contributed by atoms with Gasteiger partial charge in [-0.3, -0.25) is 9.69 Å². The van der Waals surface area contributed by atoms with Gasteiger partial charge in [0.25, 0.3) is 5.91 Å². The van der Waals surface area contributed by atoms with Gasteiger partial charge in [0.05, 0.1) is 9.79 Å². The number of ether oxygens (including phenoxy) is 1. The molecule has 1 aliphatic rings. The van der Waals surface area contributed by atoms with Gasteiger partial charge in [0.15, 0.2) is 6.61 Å². The first kappa shape index (κ1) is 21.5. The second kappa shape index (κ2) is 9.64. The number of hydrogen-bond donors (Lipinski definition) is 0. The van der Waals surface area contributed by atoms with Crippen LogP contribution in [0.2, 0.25) is 0 Å². The predicted octanol–water partition coefficient (Wildman–Crippen LogP) is 3.30. The molecule has 1 saturated heterocycles. The Hall–Kier alpha value is -2.68. The van der Waals surface area contributed by atoms with Crippen LogP contribution in [0.15, 0.2) is 81.9 Å². The number of carbonyl (C=O) groups excluding carboxylic acids is 1. The second-order valence-corrected chi connectivity index (χ2v) is 10.3. The Morgan fingerprint density at radius 1 is 0.871 bits per heavy atom. The molecule has 162 valence electrons. The Kier molecular flexibility index (Phi) is 6.70. The molecule has 4 rings (SSSR count). The molecule has 2 aromatic carbocycles. The number of hydrogen-bond acceptors (Lipinski definition) is 6. The molecule has 0 radical (unpaired) electrons. The standard InChI is InChI=1S/C23H24N2O4S2/c26-23(25-14-12-24(13-15-25)17-20-5-4-16-30-20)18-29-19-8-10-22(11-9-19)31(27,28)21-6-2-1-3-7-21/h1-11,16H,12-15,17-18H2. The molecule has 1 aliphatic heterocycles. The molecular formula is C23H24N2O4S2. The summed E-state index contributed by atoms with van der Waals surface area (Å²) in [6.45, 7) is 3.92. The minimum Gasteiger partial charge on any atom is -0.484 e. The van der Waals surface area contributed by atoms with E-state index in [-0.39, 0.29) is 22.3 Å². The maximum absolute atomic E-state index is 12.6. The summed E-state index contributed by atoms with van der Waals surface area (Å²) in [5.74, 6) is 0.411. The van der Waals surface area contributed by atoms with Crippen molar-refractivity contribution in [2.24, 2.45) is 0 Å². The van der Waals surface area contributed by atoms with Crippen molar-refractivity contribution in [3.63, 3.8) is 0 Å². The van der Waals surface area contributed by atoms with E-state index in [0.717, 1.165) is 19.6 Å². The Labute approximate surface area is 186 Å². The first-order valence-corrected chi connectivity index (χ1v) is 12.4. The van der Waals surface area contributed by atoms with Crippen molar-refractivity contribution in [2.45, 2.75) is 16.3 Å². The van der Waals surface area contributed by atoms with Crippen molar-refractivity contribution in [2.75, 3.05) is 32.8 Å². The zero-order valence-electron chi connectivity index (χ0n) is 17.0. The first-order chi connectivity index (χ1) is 15.0. The third kappa shape index (κ3) is 5.33. The molecular weight excluding hydrogens is 432 g/mol. The molecule has 0 saturated carbocycles. The molecule has 6 nitrogen and oxygen atoms in total. The van der Waals surface area contributed by atoms with Crippen molar-refractivity contribution in [3.8, 4) is 5.75 Å². The van der Waals surface area contributed by atoms with Gasteiger partial charge in [-0.2, -0.15) is 0 Å². The van der Waals surface area contributed by atoms with Gasteiger partial charge in [0, 0.05) is 37.6 Å². The van der Waals surface area contributed by atoms with Crippen LogP contribution in [0.25, 0.3) is 0 Å². The number of sulfone groups is 1. The van der Waals surface area contributed by atoms with Crippen molar-refractivity contribution >= 4 is 27.1 Å². The first-order valence-electron chi connectivity index (χ1n) is 10.1. The van der Waals surface area contributed by atoms with Crippen LogP contribution in [0.5, 0.6) is 5.75 Å². The highest BCUT2D eigenvalue weighted by molar-refractivity contribution is 7.91. The maximum atomic E-state index is 12.6. The van der Waals surface area contributed by atoms with Gasteiger partial charge < -0.3 is 9.64 Å². The Morgan fingerprint density at radius 3 is 2.19 bits per heavy atom. The van der Waals surface area contributed by atoms with E-state index in [1.807, 2.05) is 4.90 Å². The van der Waals surface area contributed by atoms with E-state index >= 15 is 0 Å². The van der Waals surface area contributed by atoms with Gasteiger partial charge in [0.2, 0.25) is 9.84 Å². The van der Waals surface area contributed by atoms with Crippen molar-refractivity contribution in [1.82, 2.24) is 9.80 Å². The molecule has 8 heteroatoms. The lowest BCUT2D eigenvalue weighted by Gasteiger charge is -2.34. The van der Waals surface area contributed by atoms with Crippen molar-refractivity contribution < 1.29 is 17.9 Å². The average molecular weight is 457 g/mol. The summed E-state index contributed by atoms with van der Waals surface area (Å²) in [7, 11) is -3.56. The molecule has 31 heavy (non-hydrogen) atoms. The SMILES string of the molecule is O=C(COc1ccc(S(=O)(=O)c2ccccc2)cc1)N1CCN(Cc2cccs2)CC1. The number of thiophene rings is 1. The summed E-state index contributed by atoms with van der Waals surface area (Å²) in [4.78, 5) is 18.4. The quantitative estimate of drug-likeness (QED) is 0.546. The van der Waals surface area contributed by atoms with Crippen LogP contribution in [-0.2, 0) is 21.2 Å². The maximum Gasteiger partial charge on any atom is 0.260 e. The number of benzene rings is 2. The van der Waals surface area contributed by atoms with Crippen LogP contribution in [-0.4, -0.2) is 56.9 Å². The lowest BCUT2D eigenvalue weighted by atomic mass is 10.3. The van der Waals surface area contributed by atoms with Gasteiger partial charge in [-0.15, -0.1) is 11.3 Å². The number of carbonyl (C=O) groups is 1. The Morgan fingerprint density at radius 2 is 1.55 bits per heavy atom. The fourth-order valence-electron chi connectivity index (χ4n) is 3.47. The molecule has 0 aliphatic carbocycles. The largest absolute Gasteiger partial charge is 0.484 e. The predicted molar refractivity (Wildman–Crippen MR) is 120 cm³/mol. The molecule has 1 aromatic heterocycles. The summed E-state index contributed by atoms with van der Waals surface area (Å²) in [6.07, 6.45) is 0. The summed E-state index contributed by atoms with van der Waals surface area (Å²) in [6, 6.07) is 18.7. The van der Waals surface area contributed by atoms with Crippen molar-refractivity contribution in [1.29, 1.82) is 0 Å². The molecule has 1 amide bonds. The van der Waals surface area contributed by atoms with E-state index in [4.69, 9.17) is 4.74 Å². The summed E-state index contributed by atoms with van der Waals surface area (Å²) in [5, 5.41) is 2.08. The number of piperazine rings is 1. The Bertz CT molecular complexity index is 1090. The van der Waals surface area contributed by atoms with Crippen LogP contribution in [0.4, 0.5) is 0 Å². The van der Waals surface area contributed by atoms with Crippen molar-refractivity contribution in [3.05, 3.63) is 77.0 Å². The third-order valence-corrected chi connectivity index (χ3v) is 7.88. The van der Waals surface area contributed by atoms with E-state index in [9.17, 15) is 13.2 Å². The lowest BCUT2D eigenvalue weighted by molar-refractivity contribution is -0.135. The zero-order chi connectivity index (χ0) is 21.7. The highest BCUT2D eigenvalue weighted by Crippen LogP contribution is 2.23. The monoisotopic (exact) mass is 456 g/mol. The van der Waals surface area contributed by atoms with E-state index < -0.39 is 9.84 Å². The number of amides is 1. The molecule has 1 fully saturated rings. The van der Waals surface area contributed by atoms with Crippen LogP contribution >= 0.6 is 11.3 Å². The van der Waals surface area contributed by atoms with E-state index in [0.29, 0.717) is 18.8 Å². The summed E-state index contributed by atoms with van der Waals surface area (Å²) < 4.78 is 30.9. The van der Waals surface area contributed by atoms with Crippen LogP contribution in [0, 0.1) is 0 Å². The lowest BCUT2D eigenvalue weighted by Crippen LogP contribution is -2.49. The molecule has 0 spiro atoms. The van der Waals surface area contributed by atoms with Crippen LogP contribution < -0.4 is 4.74 Å². The topological polar surface area (TPSA) is 66.9 Å². The Balaban J connectivity index is 1.27.